The molecule has 0 saturated carbocycles. The molecule has 0 saturated heterocycles. The Morgan fingerprint density at radius 1 is 1.43 bits per heavy atom. The van der Waals surface area contributed by atoms with Crippen LogP contribution in [0.1, 0.15) is 30.1 Å². The summed E-state index contributed by atoms with van der Waals surface area (Å²) in [5.41, 5.74) is 0.641. The number of hydrogen-bond acceptors (Lipinski definition) is 3. The van der Waals surface area contributed by atoms with Crippen LogP contribution in [-0.2, 0) is 0 Å². The van der Waals surface area contributed by atoms with E-state index in [9.17, 15) is 4.79 Å². The Morgan fingerprint density at radius 3 is 3.07 bits per heavy atom. The molecule has 0 atom stereocenters. The highest BCUT2D eigenvalue weighted by molar-refractivity contribution is 5.99. The van der Waals surface area contributed by atoms with Gasteiger partial charge < -0.3 is 9.47 Å². The first-order valence-electron chi connectivity index (χ1n) is 4.74. The Balaban J connectivity index is 2.34. The van der Waals surface area contributed by atoms with E-state index in [0.717, 1.165) is 6.42 Å². The van der Waals surface area contributed by atoms with Gasteiger partial charge in [-0.3, -0.25) is 4.79 Å². The topological polar surface area (TPSA) is 35.5 Å². The van der Waals surface area contributed by atoms with Crippen LogP contribution < -0.4 is 9.47 Å². The maximum Gasteiger partial charge on any atom is 0.231 e. The fourth-order valence-corrected chi connectivity index (χ4v) is 1.51. The van der Waals surface area contributed by atoms with E-state index in [-0.39, 0.29) is 12.6 Å². The van der Waals surface area contributed by atoms with Crippen LogP contribution in [0.3, 0.4) is 0 Å². The predicted molar refractivity (Wildman–Crippen MR) is 51.8 cm³/mol. The second-order valence-electron chi connectivity index (χ2n) is 3.21. The summed E-state index contributed by atoms with van der Waals surface area (Å²) >= 11 is 0. The number of ketones is 1. The van der Waals surface area contributed by atoms with E-state index in [4.69, 9.17) is 9.47 Å². The number of carbonyl (C=O) groups is 1. The van der Waals surface area contributed by atoms with Crippen LogP contribution in [-0.4, -0.2) is 12.6 Å². The number of para-hydroxylation sites is 1. The Labute approximate surface area is 82.6 Å². The van der Waals surface area contributed by atoms with E-state index in [1.54, 1.807) is 6.07 Å². The number of benzene rings is 1. The average molecular weight is 192 g/mol. The van der Waals surface area contributed by atoms with Crippen molar-refractivity contribution in [2.45, 2.75) is 19.8 Å². The zero-order chi connectivity index (χ0) is 9.97. The summed E-state index contributed by atoms with van der Waals surface area (Å²) in [6, 6.07) is 5.41. The van der Waals surface area contributed by atoms with Crippen LogP contribution in [0.25, 0.3) is 0 Å². The van der Waals surface area contributed by atoms with Crippen LogP contribution in [0.5, 0.6) is 11.5 Å². The van der Waals surface area contributed by atoms with Gasteiger partial charge in [0.2, 0.25) is 6.79 Å². The van der Waals surface area contributed by atoms with Gasteiger partial charge in [0, 0.05) is 6.42 Å². The van der Waals surface area contributed by atoms with Crippen molar-refractivity contribution in [1.29, 1.82) is 0 Å². The predicted octanol–water partition coefficient (Wildman–Crippen LogP) is 2.40. The molecule has 0 N–H and O–H groups in total. The first-order chi connectivity index (χ1) is 6.83. The SMILES string of the molecule is CCCC(=O)c1cccc2c1OCO2. The average Bonchev–Trinajstić information content (AvgIpc) is 2.65. The smallest absolute Gasteiger partial charge is 0.231 e. The number of carbonyl (C=O) groups excluding carboxylic acids is 1. The van der Waals surface area contributed by atoms with Gasteiger partial charge in [0.15, 0.2) is 17.3 Å². The van der Waals surface area contributed by atoms with Crippen LogP contribution >= 0.6 is 0 Å². The second kappa shape index (κ2) is 3.70. The zero-order valence-electron chi connectivity index (χ0n) is 8.08. The molecule has 1 aliphatic heterocycles. The molecule has 1 heterocycles. The molecule has 0 fully saturated rings. The van der Waals surface area contributed by atoms with E-state index >= 15 is 0 Å². The molecule has 3 heteroatoms. The third-order valence-electron chi connectivity index (χ3n) is 2.17. The monoisotopic (exact) mass is 192 g/mol. The lowest BCUT2D eigenvalue weighted by Gasteiger charge is -2.03. The van der Waals surface area contributed by atoms with Crippen molar-refractivity contribution in [3.63, 3.8) is 0 Å². The fourth-order valence-electron chi connectivity index (χ4n) is 1.51. The summed E-state index contributed by atoms with van der Waals surface area (Å²) in [6.07, 6.45) is 1.41. The number of rotatable bonds is 3. The third-order valence-corrected chi connectivity index (χ3v) is 2.17. The largest absolute Gasteiger partial charge is 0.454 e. The van der Waals surface area contributed by atoms with Crippen LogP contribution in [0.15, 0.2) is 18.2 Å². The minimum atomic E-state index is 0.120. The lowest BCUT2D eigenvalue weighted by atomic mass is 10.1. The highest BCUT2D eigenvalue weighted by Gasteiger charge is 2.20. The van der Waals surface area contributed by atoms with Crippen LogP contribution in [0.4, 0.5) is 0 Å². The molecule has 0 amide bonds. The van der Waals surface area contributed by atoms with Crippen molar-refractivity contribution in [3.05, 3.63) is 23.8 Å². The molecule has 1 aromatic carbocycles. The van der Waals surface area contributed by atoms with Gasteiger partial charge in [-0.15, -0.1) is 0 Å². The summed E-state index contributed by atoms with van der Waals surface area (Å²) in [6.45, 7) is 2.20. The summed E-state index contributed by atoms with van der Waals surface area (Å²) < 4.78 is 10.4. The molecule has 2 rings (SSSR count). The van der Waals surface area contributed by atoms with Crippen molar-refractivity contribution in [2.24, 2.45) is 0 Å². The van der Waals surface area contributed by atoms with Crippen molar-refractivity contribution in [1.82, 2.24) is 0 Å². The molecular weight excluding hydrogens is 180 g/mol. The van der Waals surface area contributed by atoms with Crippen molar-refractivity contribution >= 4 is 5.78 Å². The van der Waals surface area contributed by atoms with Crippen LogP contribution in [0.2, 0.25) is 0 Å². The third kappa shape index (κ3) is 1.45. The van der Waals surface area contributed by atoms with Crippen molar-refractivity contribution < 1.29 is 14.3 Å². The molecule has 3 nitrogen and oxygen atoms in total. The molecule has 0 aliphatic carbocycles. The Kier molecular flexibility index (Phi) is 2.39. The summed E-state index contributed by atoms with van der Waals surface area (Å²) in [5, 5.41) is 0. The molecule has 1 aromatic rings. The van der Waals surface area contributed by atoms with Gasteiger partial charge >= 0.3 is 0 Å². The first-order valence-corrected chi connectivity index (χ1v) is 4.74. The van der Waals surface area contributed by atoms with E-state index in [1.165, 1.54) is 0 Å². The fraction of sp³-hybridized carbons (Fsp3) is 0.364. The van der Waals surface area contributed by atoms with E-state index in [0.29, 0.717) is 23.5 Å². The lowest BCUT2D eigenvalue weighted by molar-refractivity contribution is 0.0977. The molecular formula is C11H12O3. The quantitative estimate of drug-likeness (QED) is 0.690. The minimum absolute atomic E-state index is 0.120. The van der Waals surface area contributed by atoms with Gasteiger partial charge in [0.1, 0.15) is 0 Å². The Morgan fingerprint density at radius 2 is 2.29 bits per heavy atom. The van der Waals surface area contributed by atoms with Crippen LogP contribution in [0, 0.1) is 0 Å². The highest BCUT2D eigenvalue weighted by atomic mass is 16.7. The molecule has 1 aliphatic rings. The Bertz CT molecular complexity index is 358. The molecule has 74 valence electrons. The summed E-state index contributed by atoms with van der Waals surface area (Å²) in [4.78, 5) is 11.7. The number of Topliss-reactive ketones (excluding diaryl/α,β-unsaturated/α-hetero) is 1. The van der Waals surface area contributed by atoms with Gasteiger partial charge in [-0.25, -0.2) is 0 Å². The number of fused-ring (bicyclic) bond motifs is 1. The second-order valence-corrected chi connectivity index (χ2v) is 3.21. The number of hydrogen-bond donors (Lipinski definition) is 0. The van der Waals surface area contributed by atoms with Crippen molar-refractivity contribution in [3.8, 4) is 11.5 Å². The molecule has 0 aromatic heterocycles. The van der Waals surface area contributed by atoms with E-state index in [2.05, 4.69) is 0 Å². The lowest BCUT2D eigenvalue weighted by Crippen LogP contribution is -2.00. The van der Waals surface area contributed by atoms with Gasteiger partial charge in [0.25, 0.3) is 0 Å². The Hall–Kier alpha value is -1.51. The highest BCUT2D eigenvalue weighted by Crippen LogP contribution is 2.35. The normalized spacial score (nSPS) is 12.9. The van der Waals surface area contributed by atoms with Gasteiger partial charge in [-0.05, 0) is 18.6 Å². The molecule has 0 spiro atoms. The standard InChI is InChI=1S/C11H12O3/c1-2-4-9(12)8-5-3-6-10-11(8)14-7-13-10/h3,5-6H,2,4,7H2,1H3. The van der Waals surface area contributed by atoms with E-state index in [1.807, 2.05) is 19.1 Å². The molecule has 0 unspecified atom stereocenters. The number of ether oxygens (including phenoxy) is 2. The first kappa shape index (κ1) is 9.06. The van der Waals surface area contributed by atoms with Crippen molar-refractivity contribution in [2.75, 3.05) is 6.79 Å². The molecule has 14 heavy (non-hydrogen) atoms. The summed E-state index contributed by atoms with van der Waals surface area (Å²) in [7, 11) is 0. The maximum absolute atomic E-state index is 11.7. The van der Waals surface area contributed by atoms with E-state index < -0.39 is 0 Å². The maximum atomic E-state index is 11.7. The van der Waals surface area contributed by atoms with Gasteiger partial charge in [0.05, 0.1) is 5.56 Å². The van der Waals surface area contributed by atoms with Gasteiger partial charge in [-0.1, -0.05) is 13.0 Å². The zero-order valence-corrected chi connectivity index (χ0v) is 8.08. The van der Waals surface area contributed by atoms with Gasteiger partial charge in [-0.2, -0.15) is 0 Å². The molecule has 0 radical (unpaired) electrons. The molecule has 0 bridgehead atoms. The minimum Gasteiger partial charge on any atom is -0.454 e. The summed E-state index contributed by atoms with van der Waals surface area (Å²) in [5.74, 6) is 1.40.